The molecule has 3 N–H and O–H groups in total. The minimum Gasteiger partial charge on any atom is -0.466 e. The highest BCUT2D eigenvalue weighted by molar-refractivity contribution is 6.39. The van der Waals surface area contributed by atoms with Gasteiger partial charge < -0.3 is 48.6 Å². The van der Waals surface area contributed by atoms with E-state index in [1.54, 1.807) is 34.0 Å². The summed E-state index contributed by atoms with van der Waals surface area (Å²) in [5.41, 5.74) is 1.48. The van der Waals surface area contributed by atoms with Crippen molar-refractivity contribution < 1.29 is 67.7 Å². The van der Waals surface area contributed by atoms with Crippen molar-refractivity contribution >= 4 is 29.4 Å². The molecule has 1 saturated carbocycles. The lowest BCUT2D eigenvalue weighted by Crippen LogP contribution is -2.64. The second-order valence-electron chi connectivity index (χ2n) is 17.9. The molecule has 61 heavy (non-hydrogen) atoms. The van der Waals surface area contributed by atoms with E-state index in [4.69, 9.17) is 28.4 Å². The summed E-state index contributed by atoms with van der Waals surface area (Å²) in [4.78, 5) is 70.2. The number of methoxy groups -OCH3 is 4. The summed E-state index contributed by atoms with van der Waals surface area (Å²) >= 11 is 0. The Morgan fingerprint density at radius 3 is 2.23 bits per heavy atom. The molecule has 3 aliphatic heterocycles. The van der Waals surface area contributed by atoms with Gasteiger partial charge in [-0.05, 0) is 95.5 Å². The van der Waals surface area contributed by atoms with Gasteiger partial charge >= 0.3 is 11.9 Å². The SMILES string of the molecule is COC(=O)/C=C/CC1/C=C(/C)CC(C)CC(OC)C2OC(O)(C(=O)C(=O)N3CCCCC3C(=O)OC(/C(C)=C/C3CCC(O)C(OC)C3)C(C)C(O)CC1=O)C(C)CC2OC. The molecular formula is C46H71NO14. The molecule has 3 fully saturated rings. The van der Waals surface area contributed by atoms with Gasteiger partial charge in [-0.15, -0.1) is 0 Å². The van der Waals surface area contributed by atoms with E-state index in [1.165, 1.54) is 27.4 Å². The fraction of sp³-hybridized carbons (Fsp3) is 0.761. The third-order valence-corrected chi connectivity index (χ3v) is 13.3. The van der Waals surface area contributed by atoms with E-state index in [-0.39, 0.29) is 56.0 Å². The number of rotatable bonds is 8. The normalized spacial score (nSPS) is 39.1. The van der Waals surface area contributed by atoms with Crippen LogP contribution in [0.3, 0.4) is 0 Å². The van der Waals surface area contributed by atoms with E-state index in [1.807, 2.05) is 26.0 Å². The highest BCUT2D eigenvalue weighted by Crippen LogP contribution is 2.39. The zero-order chi connectivity index (χ0) is 45.2. The van der Waals surface area contributed by atoms with Gasteiger partial charge in [-0.3, -0.25) is 14.4 Å². The number of Topliss-reactive ketones (excluding diaryl/α,β-unsaturated/α-hetero) is 2. The summed E-state index contributed by atoms with van der Waals surface area (Å²) < 4.78 is 34.5. The molecule has 3 heterocycles. The fourth-order valence-corrected chi connectivity index (χ4v) is 9.62. The quantitative estimate of drug-likeness (QED) is 0.136. The molecule has 0 radical (unpaired) electrons. The number of esters is 2. The van der Waals surface area contributed by atoms with Gasteiger partial charge in [-0.1, -0.05) is 44.6 Å². The number of amides is 1. The number of fused-ring (bicyclic) bond motifs is 3. The molecule has 0 aromatic rings. The molecule has 2 bridgehead atoms. The summed E-state index contributed by atoms with van der Waals surface area (Å²) in [5, 5.41) is 34.3. The van der Waals surface area contributed by atoms with E-state index in [2.05, 4.69) is 0 Å². The summed E-state index contributed by atoms with van der Waals surface area (Å²) in [6, 6.07) is -1.18. The number of carbonyl (C=O) groups excluding carboxylic acids is 5. The molecule has 4 aliphatic rings. The average Bonchev–Trinajstić information content (AvgIpc) is 3.24. The number of hydrogen-bond donors (Lipinski definition) is 3. The topological polar surface area (TPSA) is 205 Å². The molecule has 14 atom stereocenters. The van der Waals surface area contributed by atoms with Crippen molar-refractivity contribution in [2.75, 3.05) is 35.0 Å². The minimum absolute atomic E-state index is 0.0486. The first-order valence-corrected chi connectivity index (χ1v) is 21.9. The molecule has 15 nitrogen and oxygen atoms in total. The van der Waals surface area contributed by atoms with Crippen LogP contribution in [0.1, 0.15) is 105 Å². The first kappa shape index (κ1) is 50.3. The van der Waals surface area contributed by atoms with E-state index in [0.717, 1.165) is 10.5 Å². The van der Waals surface area contributed by atoms with Crippen LogP contribution in [0.5, 0.6) is 0 Å². The predicted octanol–water partition coefficient (Wildman–Crippen LogP) is 4.18. The fourth-order valence-electron chi connectivity index (χ4n) is 9.62. The number of aliphatic hydroxyl groups is 3. The smallest absolute Gasteiger partial charge is 0.330 e. The lowest BCUT2D eigenvalue weighted by molar-refractivity contribution is -0.302. The van der Waals surface area contributed by atoms with Crippen LogP contribution in [0.25, 0.3) is 0 Å². The Hall–Kier alpha value is -3.31. The molecule has 0 spiro atoms. The van der Waals surface area contributed by atoms with Crippen molar-refractivity contribution in [1.82, 2.24) is 4.90 Å². The molecule has 0 aromatic heterocycles. The third kappa shape index (κ3) is 12.7. The number of ketones is 2. The number of cyclic esters (lactones) is 1. The molecule has 15 heteroatoms. The maximum atomic E-state index is 14.4. The Kier molecular flexibility index (Phi) is 18.9. The highest BCUT2D eigenvalue weighted by atomic mass is 16.7. The van der Waals surface area contributed by atoms with Gasteiger partial charge in [0.05, 0.1) is 37.6 Å². The van der Waals surface area contributed by atoms with Gasteiger partial charge in [0.15, 0.2) is 0 Å². The summed E-state index contributed by atoms with van der Waals surface area (Å²) in [7, 11) is 5.82. The molecular weight excluding hydrogens is 790 g/mol. The zero-order valence-corrected chi connectivity index (χ0v) is 37.6. The van der Waals surface area contributed by atoms with Crippen molar-refractivity contribution in [2.45, 2.75) is 160 Å². The monoisotopic (exact) mass is 861 g/mol. The van der Waals surface area contributed by atoms with Crippen LogP contribution in [0.15, 0.2) is 35.5 Å². The molecule has 1 aliphatic carbocycles. The summed E-state index contributed by atoms with van der Waals surface area (Å²) in [6.45, 7) is 9.05. The van der Waals surface area contributed by atoms with E-state index in [9.17, 15) is 39.3 Å². The Balaban J connectivity index is 1.80. The maximum Gasteiger partial charge on any atom is 0.330 e. The molecule has 14 unspecified atom stereocenters. The van der Waals surface area contributed by atoms with Crippen molar-refractivity contribution in [2.24, 2.45) is 29.6 Å². The summed E-state index contributed by atoms with van der Waals surface area (Å²) in [6.07, 6.45) is 4.97. The van der Waals surface area contributed by atoms with Gasteiger partial charge in [0.2, 0.25) is 5.79 Å². The van der Waals surface area contributed by atoms with Gasteiger partial charge in [-0.25, -0.2) is 9.59 Å². The Morgan fingerprint density at radius 1 is 0.902 bits per heavy atom. The van der Waals surface area contributed by atoms with Crippen molar-refractivity contribution in [3.05, 3.63) is 35.5 Å². The zero-order valence-electron chi connectivity index (χ0n) is 37.6. The standard InChI is InChI=1S/C46H71NO14/c1-26-19-27(2)21-38(57-7)42-39(58-8)23-29(4)46(55,61-42)43(52)44(53)47-18-11-10-14-33(47)45(54)60-41(28(3)22-31-16-17-34(48)37(24-31)56-6)30(5)35(49)25-36(50)32(20-26)13-12-15-40(51)59-9/h12,15,20,22,27,29-35,37-39,41-42,48-49,55H,10-11,13-14,16-19,21,23-25H2,1-9H3/b15-12+,26-20-,28-22+. The number of ether oxygens (including phenoxy) is 6. The number of piperidine rings is 1. The molecule has 344 valence electrons. The van der Waals surface area contributed by atoms with Crippen LogP contribution < -0.4 is 0 Å². The lowest BCUT2D eigenvalue weighted by Gasteiger charge is -2.47. The first-order chi connectivity index (χ1) is 28.9. The van der Waals surface area contributed by atoms with Gasteiger partial charge in [0, 0.05) is 58.1 Å². The number of aliphatic hydroxyl groups excluding tert-OH is 2. The predicted molar refractivity (Wildman–Crippen MR) is 224 cm³/mol. The largest absolute Gasteiger partial charge is 0.466 e. The Labute approximate surface area is 361 Å². The Morgan fingerprint density at radius 2 is 1.57 bits per heavy atom. The maximum absolute atomic E-state index is 14.4. The molecule has 2 saturated heterocycles. The van der Waals surface area contributed by atoms with Crippen LogP contribution in [-0.4, -0.2) is 139 Å². The Bertz CT molecular complexity index is 1630. The first-order valence-electron chi connectivity index (χ1n) is 21.9. The number of allylic oxidation sites excluding steroid dienone is 4. The lowest BCUT2D eigenvalue weighted by atomic mass is 9.81. The van der Waals surface area contributed by atoms with Crippen molar-refractivity contribution in [3.8, 4) is 0 Å². The molecule has 0 aromatic carbocycles. The molecule has 1 amide bonds. The third-order valence-electron chi connectivity index (χ3n) is 13.3. The average molecular weight is 862 g/mol. The van der Waals surface area contributed by atoms with Gasteiger partial charge in [-0.2, -0.15) is 0 Å². The van der Waals surface area contributed by atoms with Crippen LogP contribution in [0, 0.1) is 29.6 Å². The van der Waals surface area contributed by atoms with Crippen LogP contribution in [-0.2, 0) is 52.4 Å². The van der Waals surface area contributed by atoms with Gasteiger partial charge in [0.25, 0.3) is 11.7 Å². The number of hydrogen-bond acceptors (Lipinski definition) is 14. The van der Waals surface area contributed by atoms with Crippen molar-refractivity contribution in [3.63, 3.8) is 0 Å². The molecule has 4 rings (SSSR count). The van der Waals surface area contributed by atoms with Crippen LogP contribution in [0.2, 0.25) is 0 Å². The second-order valence-corrected chi connectivity index (χ2v) is 17.9. The number of carbonyl (C=O) groups is 5. The number of nitrogens with zero attached hydrogens (tertiary/aromatic N) is 1. The van der Waals surface area contributed by atoms with E-state index < -0.39 is 89.8 Å². The van der Waals surface area contributed by atoms with Crippen molar-refractivity contribution in [1.29, 1.82) is 0 Å². The van der Waals surface area contributed by atoms with Gasteiger partial charge in [0.1, 0.15) is 24.0 Å². The minimum atomic E-state index is -2.54. The highest BCUT2D eigenvalue weighted by Gasteiger charge is 2.56. The van der Waals surface area contributed by atoms with E-state index in [0.29, 0.717) is 50.5 Å². The van der Waals surface area contributed by atoms with Crippen LogP contribution in [0.4, 0.5) is 0 Å². The second kappa shape index (κ2) is 22.9. The van der Waals surface area contributed by atoms with Crippen LogP contribution >= 0.6 is 0 Å². The van der Waals surface area contributed by atoms with E-state index >= 15 is 0 Å². The summed E-state index contributed by atoms with van der Waals surface area (Å²) in [5.74, 6) is -8.95.